The summed E-state index contributed by atoms with van der Waals surface area (Å²) < 4.78 is 0. The summed E-state index contributed by atoms with van der Waals surface area (Å²) in [5.74, 6) is 1.04. The molecule has 0 aromatic carbocycles. The molecule has 1 rings (SSSR count). The maximum Gasteiger partial charge on any atom is 0.226 e. The van der Waals surface area contributed by atoms with Gasteiger partial charge in [-0.3, -0.25) is 0 Å². The predicted molar refractivity (Wildman–Crippen MR) is 64.0 cm³/mol. The standard InChI is InChI=1S/C10H17ClN4/c1-6(10(2,3)4)13-8-5-7(12)14-9(11)15-8/h5-6H,1-4H3,(H3,12,13,14,15). The highest BCUT2D eigenvalue weighted by atomic mass is 35.5. The average molecular weight is 229 g/mol. The van der Waals surface area contributed by atoms with Gasteiger partial charge < -0.3 is 11.1 Å². The minimum absolute atomic E-state index is 0.145. The van der Waals surface area contributed by atoms with Gasteiger partial charge in [-0.2, -0.15) is 0 Å². The molecule has 1 aromatic heterocycles. The van der Waals surface area contributed by atoms with Crippen LogP contribution < -0.4 is 11.1 Å². The summed E-state index contributed by atoms with van der Waals surface area (Å²) in [5, 5.41) is 3.41. The van der Waals surface area contributed by atoms with Crippen molar-refractivity contribution < 1.29 is 0 Å². The molecule has 15 heavy (non-hydrogen) atoms. The summed E-state index contributed by atoms with van der Waals surface area (Å²) in [6.45, 7) is 8.54. The van der Waals surface area contributed by atoms with Crippen LogP contribution in [-0.2, 0) is 0 Å². The maximum atomic E-state index is 5.71. The number of anilines is 2. The number of nitrogen functional groups attached to an aromatic ring is 1. The largest absolute Gasteiger partial charge is 0.383 e. The van der Waals surface area contributed by atoms with Crippen molar-refractivity contribution in [1.29, 1.82) is 0 Å². The smallest absolute Gasteiger partial charge is 0.226 e. The van der Waals surface area contributed by atoms with E-state index in [1.807, 2.05) is 0 Å². The molecule has 5 heteroatoms. The Morgan fingerprint density at radius 2 is 2.00 bits per heavy atom. The molecule has 0 aliphatic rings. The quantitative estimate of drug-likeness (QED) is 0.764. The average Bonchev–Trinajstić information content (AvgIpc) is 1.99. The summed E-state index contributed by atoms with van der Waals surface area (Å²) >= 11 is 5.71. The molecule has 1 atom stereocenters. The summed E-state index contributed by atoms with van der Waals surface area (Å²) in [7, 11) is 0. The monoisotopic (exact) mass is 228 g/mol. The zero-order valence-electron chi connectivity index (χ0n) is 9.50. The molecule has 0 saturated carbocycles. The third kappa shape index (κ3) is 3.55. The molecule has 0 amide bonds. The molecule has 1 unspecified atom stereocenters. The molecule has 0 aliphatic carbocycles. The van der Waals surface area contributed by atoms with Crippen LogP contribution in [0.15, 0.2) is 6.07 Å². The molecule has 0 aliphatic heterocycles. The van der Waals surface area contributed by atoms with Gasteiger partial charge in [0.1, 0.15) is 11.6 Å². The minimum atomic E-state index is 0.145. The van der Waals surface area contributed by atoms with Crippen molar-refractivity contribution >= 4 is 23.2 Å². The van der Waals surface area contributed by atoms with Gasteiger partial charge in [0.25, 0.3) is 0 Å². The lowest BCUT2D eigenvalue weighted by Crippen LogP contribution is -2.31. The Balaban J connectivity index is 2.81. The third-order valence-electron chi connectivity index (χ3n) is 2.38. The number of nitrogens with two attached hydrogens (primary N) is 1. The van der Waals surface area contributed by atoms with Crippen LogP contribution in [0.5, 0.6) is 0 Å². The Hall–Kier alpha value is -1.03. The first-order valence-corrected chi connectivity index (χ1v) is 5.23. The van der Waals surface area contributed by atoms with E-state index in [1.54, 1.807) is 6.07 Å². The summed E-state index contributed by atoms with van der Waals surface area (Å²) in [6, 6.07) is 1.94. The topological polar surface area (TPSA) is 63.8 Å². The fourth-order valence-electron chi connectivity index (χ4n) is 0.948. The van der Waals surface area contributed by atoms with E-state index < -0.39 is 0 Å². The SMILES string of the molecule is CC(Nc1cc(N)nc(Cl)n1)C(C)(C)C. The Bertz CT molecular complexity index is 326. The van der Waals surface area contributed by atoms with Crippen LogP contribution in [0, 0.1) is 5.41 Å². The van der Waals surface area contributed by atoms with E-state index >= 15 is 0 Å². The number of nitrogens with one attached hydrogen (secondary N) is 1. The number of nitrogens with zero attached hydrogens (tertiary/aromatic N) is 2. The summed E-state index contributed by atoms with van der Waals surface area (Å²) in [4.78, 5) is 7.85. The highest BCUT2D eigenvalue weighted by molar-refractivity contribution is 6.28. The van der Waals surface area contributed by atoms with Gasteiger partial charge in [-0.1, -0.05) is 20.8 Å². The van der Waals surface area contributed by atoms with Crippen molar-refractivity contribution in [3.63, 3.8) is 0 Å². The predicted octanol–water partition coefficient (Wildman–Crippen LogP) is 2.56. The maximum absolute atomic E-state index is 5.71. The van der Waals surface area contributed by atoms with Crippen LogP contribution in [0.3, 0.4) is 0 Å². The molecule has 1 heterocycles. The molecule has 3 N–H and O–H groups in total. The van der Waals surface area contributed by atoms with Crippen LogP contribution in [-0.4, -0.2) is 16.0 Å². The molecule has 0 radical (unpaired) electrons. The van der Waals surface area contributed by atoms with Crippen LogP contribution >= 0.6 is 11.6 Å². The van der Waals surface area contributed by atoms with Gasteiger partial charge in [0, 0.05) is 12.1 Å². The Kier molecular flexibility index (Phi) is 3.39. The first-order valence-electron chi connectivity index (χ1n) is 4.85. The number of aromatic nitrogens is 2. The van der Waals surface area contributed by atoms with Gasteiger partial charge in [0.2, 0.25) is 5.28 Å². The van der Waals surface area contributed by atoms with Gasteiger partial charge in [0.05, 0.1) is 0 Å². The van der Waals surface area contributed by atoms with Gasteiger partial charge in [-0.25, -0.2) is 9.97 Å². The lowest BCUT2D eigenvalue weighted by Gasteiger charge is -2.28. The Labute approximate surface area is 95.3 Å². The van der Waals surface area contributed by atoms with E-state index in [-0.39, 0.29) is 16.7 Å². The molecule has 4 nitrogen and oxygen atoms in total. The Morgan fingerprint density at radius 3 is 2.47 bits per heavy atom. The molecule has 84 valence electrons. The van der Waals surface area contributed by atoms with Crippen molar-refractivity contribution in [2.75, 3.05) is 11.1 Å². The summed E-state index contributed by atoms with van der Waals surface area (Å²) in [6.07, 6.45) is 0. The number of rotatable bonds is 2. The van der Waals surface area contributed by atoms with Gasteiger partial charge in [-0.15, -0.1) is 0 Å². The fourth-order valence-corrected chi connectivity index (χ4v) is 1.14. The molecule has 0 spiro atoms. The van der Waals surface area contributed by atoms with Gasteiger partial charge >= 0.3 is 0 Å². The normalized spacial score (nSPS) is 13.7. The van der Waals surface area contributed by atoms with E-state index in [0.29, 0.717) is 11.6 Å². The van der Waals surface area contributed by atoms with Crippen molar-refractivity contribution in [3.8, 4) is 0 Å². The summed E-state index contributed by atoms with van der Waals surface area (Å²) in [5.41, 5.74) is 5.71. The van der Waals surface area contributed by atoms with Crippen molar-refractivity contribution in [3.05, 3.63) is 11.3 Å². The van der Waals surface area contributed by atoms with E-state index in [9.17, 15) is 0 Å². The second kappa shape index (κ2) is 4.23. The van der Waals surface area contributed by atoms with Crippen molar-refractivity contribution in [1.82, 2.24) is 9.97 Å². The first-order chi connectivity index (χ1) is 6.79. The second-order valence-corrected chi connectivity index (χ2v) is 5.02. The molecular formula is C10H17ClN4. The van der Waals surface area contributed by atoms with Crippen LogP contribution in [0.2, 0.25) is 5.28 Å². The van der Waals surface area contributed by atoms with E-state index in [1.165, 1.54) is 0 Å². The van der Waals surface area contributed by atoms with E-state index in [4.69, 9.17) is 17.3 Å². The fraction of sp³-hybridized carbons (Fsp3) is 0.600. The minimum Gasteiger partial charge on any atom is -0.383 e. The molecule has 0 fully saturated rings. The molecule has 0 saturated heterocycles. The van der Waals surface area contributed by atoms with Crippen LogP contribution in [0.4, 0.5) is 11.6 Å². The lowest BCUT2D eigenvalue weighted by molar-refractivity contribution is 0.359. The Morgan fingerprint density at radius 1 is 1.40 bits per heavy atom. The molecular weight excluding hydrogens is 212 g/mol. The van der Waals surface area contributed by atoms with Crippen molar-refractivity contribution in [2.24, 2.45) is 5.41 Å². The zero-order valence-corrected chi connectivity index (χ0v) is 10.3. The van der Waals surface area contributed by atoms with Gasteiger partial charge in [-0.05, 0) is 23.9 Å². The van der Waals surface area contributed by atoms with Crippen LogP contribution in [0.1, 0.15) is 27.7 Å². The first kappa shape index (κ1) is 12.0. The number of hydrogen-bond acceptors (Lipinski definition) is 4. The van der Waals surface area contributed by atoms with E-state index in [0.717, 1.165) is 0 Å². The van der Waals surface area contributed by atoms with E-state index in [2.05, 4.69) is 43.0 Å². The number of halogens is 1. The highest BCUT2D eigenvalue weighted by Crippen LogP contribution is 2.22. The second-order valence-electron chi connectivity index (χ2n) is 4.68. The van der Waals surface area contributed by atoms with Crippen molar-refractivity contribution in [2.45, 2.75) is 33.7 Å². The number of hydrogen-bond donors (Lipinski definition) is 2. The third-order valence-corrected chi connectivity index (χ3v) is 2.55. The highest BCUT2D eigenvalue weighted by Gasteiger charge is 2.20. The molecule has 1 aromatic rings. The van der Waals surface area contributed by atoms with Gasteiger partial charge in [0.15, 0.2) is 0 Å². The van der Waals surface area contributed by atoms with Crippen LogP contribution in [0.25, 0.3) is 0 Å². The lowest BCUT2D eigenvalue weighted by atomic mass is 9.88. The zero-order chi connectivity index (χ0) is 11.6. The molecule has 0 bridgehead atoms.